The van der Waals surface area contributed by atoms with Crippen molar-refractivity contribution in [2.75, 3.05) is 11.9 Å². The molecule has 7 nitrogen and oxygen atoms in total. The molecule has 0 bridgehead atoms. The van der Waals surface area contributed by atoms with E-state index in [9.17, 15) is 9.50 Å². The average Bonchev–Trinajstić information content (AvgIpc) is 2.67. The fraction of sp³-hybridized carbons (Fsp3) is 0.435. The summed E-state index contributed by atoms with van der Waals surface area (Å²) in [6.45, 7) is 8.82. The minimum absolute atomic E-state index is 0.00737. The molecule has 1 fully saturated rings. The predicted molar refractivity (Wildman–Crippen MR) is 123 cm³/mol. The Kier molecular flexibility index (Phi) is 6.04. The van der Waals surface area contributed by atoms with Crippen LogP contribution in [0.2, 0.25) is 0 Å². The molecular weight excluding hydrogens is 395 g/mol. The third-order valence-electron chi connectivity index (χ3n) is 5.74. The van der Waals surface area contributed by atoms with Crippen molar-refractivity contribution in [2.24, 2.45) is 5.73 Å². The highest BCUT2D eigenvalue weighted by atomic mass is 19.1. The molecule has 2 aromatic rings. The van der Waals surface area contributed by atoms with Gasteiger partial charge in [0.05, 0.1) is 5.69 Å². The zero-order chi connectivity index (χ0) is 23.0. The maximum atomic E-state index is 14.3. The molecule has 0 radical (unpaired) electrons. The molecule has 0 amide bonds. The molecule has 0 atom stereocenters. The van der Waals surface area contributed by atoms with Crippen molar-refractivity contribution in [2.45, 2.75) is 57.7 Å². The molecule has 0 spiro atoms. The van der Waals surface area contributed by atoms with Crippen LogP contribution >= 0.6 is 0 Å². The van der Waals surface area contributed by atoms with Crippen LogP contribution in [-0.4, -0.2) is 45.7 Å². The molecule has 1 saturated heterocycles. The van der Waals surface area contributed by atoms with E-state index in [-0.39, 0.29) is 28.0 Å². The summed E-state index contributed by atoms with van der Waals surface area (Å²) < 4.78 is 14.3. The fourth-order valence-electron chi connectivity index (χ4n) is 4.59. The number of nitrogens with zero attached hydrogens (tertiary/aromatic N) is 3. The van der Waals surface area contributed by atoms with Crippen LogP contribution in [0.15, 0.2) is 30.5 Å². The van der Waals surface area contributed by atoms with E-state index in [4.69, 9.17) is 11.1 Å². The molecule has 3 rings (SSSR count). The van der Waals surface area contributed by atoms with Gasteiger partial charge in [-0.3, -0.25) is 0 Å². The van der Waals surface area contributed by atoms with Gasteiger partial charge in [0.15, 0.2) is 5.82 Å². The number of benzene rings is 1. The molecule has 1 aromatic carbocycles. The maximum absolute atomic E-state index is 14.3. The Labute approximate surface area is 182 Å². The highest BCUT2D eigenvalue weighted by Gasteiger charge is 2.39. The number of phenols is 1. The second kappa shape index (κ2) is 8.26. The minimum Gasteiger partial charge on any atom is -0.507 e. The van der Waals surface area contributed by atoms with E-state index in [1.165, 1.54) is 6.07 Å². The van der Waals surface area contributed by atoms with Crippen molar-refractivity contribution in [3.8, 4) is 17.0 Å². The van der Waals surface area contributed by atoms with Crippen molar-refractivity contribution >= 4 is 17.6 Å². The summed E-state index contributed by atoms with van der Waals surface area (Å²) in [6.07, 6.45) is 4.05. The van der Waals surface area contributed by atoms with E-state index >= 15 is 0 Å². The van der Waals surface area contributed by atoms with Gasteiger partial charge in [-0.1, -0.05) is 0 Å². The number of hydrogen-bond acceptors (Lipinski definition) is 7. The van der Waals surface area contributed by atoms with Crippen LogP contribution in [0.3, 0.4) is 0 Å². The monoisotopic (exact) mass is 426 g/mol. The van der Waals surface area contributed by atoms with Crippen molar-refractivity contribution in [1.82, 2.24) is 15.5 Å². The number of aromatic hydroxyl groups is 1. The number of nitrogens with one attached hydrogen (secondary N) is 2. The highest BCUT2D eigenvalue weighted by molar-refractivity contribution is 6.08. The third-order valence-corrected chi connectivity index (χ3v) is 5.74. The Morgan fingerprint density at radius 3 is 2.39 bits per heavy atom. The zero-order valence-corrected chi connectivity index (χ0v) is 18.7. The lowest BCUT2D eigenvalue weighted by Gasteiger charge is -2.49. The first-order chi connectivity index (χ1) is 14.5. The first kappa shape index (κ1) is 22.7. The number of halogens is 1. The second-order valence-electron chi connectivity index (χ2n) is 9.46. The van der Waals surface area contributed by atoms with Crippen molar-refractivity contribution < 1.29 is 9.50 Å². The number of aromatic nitrogens is 2. The number of nitrogens with two attached hydrogens (primary N) is 1. The van der Waals surface area contributed by atoms with E-state index < -0.39 is 5.82 Å². The molecule has 1 aromatic heterocycles. The first-order valence-corrected chi connectivity index (χ1v) is 10.3. The summed E-state index contributed by atoms with van der Waals surface area (Å²) in [5, 5.41) is 30.0. The van der Waals surface area contributed by atoms with Crippen LogP contribution in [0.4, 0.5) is 10.2 Å². The van der Waals surface area contributed by atoms with Crippen molar-refractivity contribution in [3.63, 3.8) is 0 Å². The van der Waals surface area contributed by atoms with Crippen LogP contribution in [0.25, 0.3) is 16.8 Å². The molecule has 1 aliphatic rings. The summed E-state index contributed by atoms with van der Waals surface area (Å²) in [5.74, 6) is -0.187. The van der Waals surface area contributed by atoms with Gasteiger partial charge in [0.1, 0.15) is 11.6 Å². The van der Waals surface area contributed by atoms with Gasteiger partial charge >= 0.3 is 0 Å². The lowest BCUT2D eigenvalue weighted by Crippen LogP contribution is -2.62. The smallest absolute Gasteiger partial charge is 0.151 e. The second-order valence-corrected chi connectivity index (χ2v) is 9.46. The van der Waals surface area contributed by atoms with E-state index in [1.54, 1.807) is 6.07 Å². The number of rotatable bonds is 5. The molecule has 0 unspecified atom stereocenters. The standard InChI is InChI=1S/C23H31FN6O/c1-22(2)10-15(11-23(3,4)29-22)30(5)21-7-6-19(27-28-21)17-8-16(14(12-25)13-26)18(24)9-20(17)31/h6-9,12-13,15,25,29,31H,10-11,26H2,1-5H3/b14-13+,25-12?. The molecule has 8 heteroatoms. The van der Waals surface area contributed by atoms with Gasteiger partial charge in [0.25, 0.3) is 0 Å². The molecule has 2 heterocycles. The normalized spacial score (nSPS) is 18.6. The van der Waals surface area contributed by atoms with Crippen molar-refractivity contribution in [3.05, 3.63) is 41.8 Å². The third kappa shape index (κ3) is 4.85. The molecule has 0 aliphatic carbocycles. The van der Waals surface area contributed by atoms with E-state index in [2.05, 4.69) is 48.1 Å². The number of allylic oxidation sites excluding steroid dienone is 1. The van der Waals surface area contributed by atoms with Gasteiger partial charge in [-0.05, 0) is 58.7 Å². The molecule has 166 valence electrons. The van der Waals surface area contributed by atoms with Gasteiger partial charge in [-0.2, -0.15) is 0 Å². The maximum Gasteiger partial charge on any atom is 0.151 e. The Bertz CT molecular complexity index is 984. The summed E-state index contributed by atoms with van der Waals surface area (Å²) >= 11 is 0. The largest absolute Gasteiger partial charge is 0.507 e. The predicted octanol–water partition coefficient (Wildman–Crippen LogP) is 3.68. The lowest BCUT2D eigenvalue weighted by atomic mass is 9.79. The minimum atomic E-state index is -0.665. The van der Waals surface area contributed by atoms with Gasteiger partial charge in [-0.15, -0.1) is 10.2 Å². The Morgan fingerprint density at radius 1 is 1.23 bits per heavy atom. The van der Waals surface area contributed by atoms with E-state index in [0.29, 0.717) is 17.3 Å². The molecule has 5 N–H and O–H groups in total. The van der Waals surface area contributed by atoms with Crippen LogP contribution in [-0.2, 0) is 0 Å². The van der Waals surface area contributed by atoms with Crippen LogP contribution in [0.5, 0.6) is 5.75 Å². The lowest BCUT2D eigenvalue weighted by molar-refractivity contribution is 0.160. The van der Waals surface area contributed by atoms with Crippen LogP contribution in [0, 0.1) is 11.2 Å². The first-order valence-electron chi connectivity index (χ1n) is 10.3. The quantitative estimate of drug-likeness (QED) is 0.543. The number of anilines is 1. The zero-order valence-electron chi connectivity index (χ0n) is 18.7. The highest BCUT2D eigenvalue weighted by Crippen LogP contribution is 2.35. The Hall–Kier alpha value is -3.00. The molecule has 0 saturated carbocycles. The molecule has 31 heavy (non-hydrogen) atoms. The topological polar surface area (TPSA) is 111 Å². The average molecular weight is 427 g/mol. The van der Waals surface area contributed by atoms with Gasteiger partial charge in [0.2, 0.25) is 0 Å². The van der Waals surface area contributed by atoms with Crippen LogP contribution in [0.1, 0.15) is 46.1 Å². The van der Waals surface area contributed by atoms with Gasteiger partial charge in [0, 0.05) is 59.3 Å². The van der Waals surface area contributed by atoms with Crippen LogP contribution < -0.4 is 16.0 Å². The summed E-state index contributed by atoms with van der Waals surface area (Å²) in [7, 11) is 2.02. The fourth-order valence-corrected chi connectivity index (χ4v) is 4.59. The SMILES string of the molecule is CN(c1ccc(-c2cc(/C(C=N)=C/N)c(F)cc2O)nn1)C1CC(C)(C)NC(C)(C)C1. The van der Waals surface area contributed by atoms with Gasteiger partial charge in [-0.25, -0.2) is 4.39 Å². The van der Waals surface area contributed by atoms with E-state index in [0.717, 1.165) is 37.1 Å². The van der Waals surface area contributed by atoms with Gasteiger partial charge < -0.3 is 26.5 Å². The molecule has 1 aliphatic heterocycles. The summed E-state index contributed by atoms with van der Waals surface area (Å²) in [6, 6.07) is 6.33. The summed E-state index contributed by atoms with van der Waals surface area (Å²) in [5.41, 5.74) is 6.56. The summed E-state index contributed by atoms with van der Waals surface area (Å²) in [4.78, 5) is 2.14. The Morgan fingerprint density at radius 2 is 1.87 bits per heavy atom. The van der Waals surface area contributed by atoms with E-state index in [1.807, 2.05) is 13.1 Å². The Balaban J connectivity index is 1.90. The number of phenolic OH excluding ortho intramolecular Hbond substituents is 1. The van der Waals surface area contributed by atoms with Crippen molar-refractivity contribution in [1.29, 1.82) is 5.41 Å². The number of hydrogen-bond donors (Lipinski definition) is 4. The molecular formula is C23H31FN6O. The number of piperidine rings is 1.